The molecule has 12 heteroatoms. The van der Waals surface area contributed by atoms with Crippen molar-refractivity contribution in [3.05, 3.63) is 28.8 Å². The van der Waals surface area contributed by atoms with Crippen molar-refractivity contribution < 1.29 is 17.9 Å². The number of carbonyl (C=O) groups excluding carboxylic acids is 1. The highest BCUT2D eigenvalue weighted by Gasteiger charge is 2.25. The molecule has 0 N–H and O–H groups in total. The molecule has 1 amide bonds. The van der Waals surface area contributed by atoms with Gasteiger partial charge in [0, 0.05) is 80.9 Å². The van der Waals surface area contributed by atoms with Crippen molar-refractivity contribution in [2.24, 2.45) is 5.92 Å². The number of methoxy groups -OCH3 is 1. The molecular formula is C28H38N6O4S2. The van der Waals surface area contributed by atoms with E-state index in [0.29, 0.717) is 17.4 Å². The molecule has 0 aliphatic carbocycles. The first-order valence-electron chi connectivity index (χ1n) is 13.9. The minimum absolute atomic E-state index is 0.0149. The van der Waals surface area contributed by atoms with Gasteiger partial charge in [0.05, 0.1) is 28.8 Å². The van der Waals surface area contributed by atoms with Gasteiger partial charge in [-0.25, -0.2) is 23.4 Å². The van der Waals surface area contributed by atoms with Gasteiger partial charge in [0.15, 0.2) is 9.84 Å². The van der Waals surface area contributed by atoms with Crippen LogP contribution in [0.1, 0.15) is 44.2 Å². The second-order valence-electron chi connectivity index (χ2n) is 11.1. The van der Waals surface area contributed by atoms with Crippen molar-refractivity contribution in [2.45, 2.75) is 45.4 Å². The molecule has 5 heterocycles. The molecule has 2 aliphatic rings. The Morgan fingerprint density at radius 2 is 1.77 bits per heavy atom. The van der Waals surface area contributed by atoms with E-state index in [-0.39, 0.29) is 17.6 Å². The number of pyridine rings is 1. The number of sulfone groups is 1. The minimum atomic E-state index is -3.29. The van der Waals surface area contributed by atoms with Crippen molar-refractivity contribution in [3.8, 4) is 17.1 Å². The molecule has 216 valence electrons. The van der Waals surface area contributed by atoms with E-state index in [1.807, 2.05) is 24.8 Å². The maximum Gasteiger partial charge on any atom is 0.226 e. The largest absolute Gasteiger partial charge is 0.481 e. The average molecular weight is 587 g/mol. The lowest BCUT2D eigenvalue weighted by molar-refractivity contribution is -0.136. The number of piperidine rings is 1. The molecule has 0 radical (unpaired) electrons. The lowest BCUT2D eigenvalue weighted by Gasteiger charge is -2.35. The highest BCUT2D eigenvalue weighted by atomic mass is 32.2. The maximum atomic E-state index is 12.4. The van der Waals surface area contributed by atoms with Crippen molar-refractivity contribution in [1.29, 1.82) is 0 Å². The van der Waals surface area contributed by atoms with Crippen LogP contribution in [0.5, 0.6) is 5.88 Å². The molecule has 0 spiro atoms. The zero-order valence-corrected chi connectivity index (χ0v) is 25.4. The third kappa shape index (κ3) is 6.39. The van der Waals surface area contributed by atoms with E-state index in [1.54, 1.807) is 17.5 Å². The van der Waals surface area contributed by atoms with E-state index in [4.69, 9.17) is 14.7 Å². The van der Waals surface area contributed by atoms with Crippen LogP contribution in [0.4, 0.5) is 5.95 Å². The molecule has 0 saturated carbocycles. The summed E-state index contributed by atoms with van der Waals surface area (Å²) in [6, 6.07) is 1.83. The minimum Gasteiger partial charge on any atom is -0.481 e. The van der Waals surface area contributed by atoms with Gasteiger partial charge in [-0.2, -0.15) is 0 Å². The SMILES string of the molecule is COc1ncc(-c2nc(N3CCCCC3)nc3c(CN4CCN(C(=O)C(C)C)CC4)csc23)cc1CS(C)(=O)=O. The summed E-state index contributed by atoms with van der Waals surface area (Å²) in [5.74, 6) is 1.08. The standard InChI is InChI=1S/C28H38N6O4S2/c1-19(2)27(35)33-12-10-32(11-13-33)16-22-17-39-25-23(30-28(31-24(22)25)34-8-6-5-7-9-34)20-14-21(18-40(4,36)37)26(38-3)29-15-20/h14-15,17,19H,5-13,16,18H2,1-4H3. The molecular weight excluding hydrogens is 548 g/mol. The van der Waals surface area contributed by atoms with Crippen LogP contribution in [0.15, 0.2) is 17.6 Å². The Morgan fingerprint density at radius 3 is 2.42 bits per heavy atom. The summed E-state index contributed by atoms with van der Waals surface area (Å²) in [5, 5.41) is 2.16. The lowest BCUT2D eigenvalue weighted by Crippen LogP contribution is -2.49. The molecule has 10 nitrogen and oxygen atoms in total. The number of carbonyl (C=O) groups is 1. The van der Waals surface area contributed by atoms with Crippen LogP contribution in [0.3, 0.4) is 0 Å². The van der Waals surface area contributed by atoms with Gasteiger partial charge in [0.25, 0.3) is 0 Å². The van der Waals surface area contributed by atoms with E-state index < -0.39 is 9.84 Å². The fourth-order valence-corrected chi connectivity index (χ4v) is 7.21. The Labute approximate surface area is 240 Å². The normalized spacial score (nSPS) is 17.1. The monoisotopic (exact) mass is 586 g/mol. The average Bonchev–Trinajstić information content (AvgIpc) is 3.34. The third-order valence-electron chi connectivity index (χ3n) is 7.50. The number of fused-ring (bicyclic) bond motifs is 1. The molecule has 3 aromatic heterocycles. The van der Waals surface area contributed by atoms with Crippen LogP contribution < -0.4 is 9.64 Å². The topological polar surface area (TPSA) is 109 Å². The van der Waals surface area contributed by atoms with E-state index in [2.05, 4.69) is 20.2 Å². The van der Waals surface area contributed by atoms with Crippen LogP contribution in [0.25, 0.3) is 21.5 Å². The van der Waals surface area contributed by atoms with Crippen LogP contribution in [-0.4, -0.2) is 91.7 Å². The number of aromatic nitrogens is 3. The van der Waals surface area contributed by atoms with Crippen LogP contribution in [-0.2, 0) is 26.9 Å². The van der Waals surface area contributed by atoms with Crippen molar-refractivity contribution in [1.82, 2.24) is 24.8 Å². The van der Waals surface area contributed by atoms with Gasteiger partial charge in [-0.05, 0) is 30.7 Å². The molecule has 0 aromatic carbocycles. The molecule has 3 aromatic rings. The first-order chi connectivity index (χ1) is 19.1. The number of piperazine rings is 1. The number of hydrogen-bond donors (Lipinski definition) is 0. The number of nitrogens with zero attached hydrogens (tertiary/aromatic N) is 6. The van der Waals surface area contributed by atoms with Crippen LogP contribution in [0.2, 0.25) is 0 Å². The third-order valence-corrected chi connectivity index (χ3v) is 9.36. The quantitative estimate of drug-likeness (QED) is 0.391. The number of hydrogen-bond acceptors (Lipinski definition) is 10. The predicted octanol–water partition coefficient (Wildman–Crippen LogP) is 3.60. The van der Waals surface area contributed by atoms with E-state index in [9.17, 15) is 13.2 Å². The van der Waals surface area contributed by atoms with Crippen LogP contribution in [0, 0.1) is 5.92 Å². The lowest BCUT2D eigenvalue weighted by atomic mass is 10.1. The fourth-order valence-electron chi connectivity index (χ4n) is 5.43. The van der Waals surface area contributed by atoms with Crippen molar-refractivity contribution in [3.63, 3.8) is 0 Å². The fraction of sp³-hybridized carbons (Fsp3) is 0.571. The van der Waals surface area contributed by atoms with Crippen molar-refractivity contribution >= 4 is 43.2 Å². The van der Waals surface area contributed by atoms with Gasteiger partial charge in [-0.15, -0.1) is 11.3 Å². The van der Waals surface area contributed by atoms with Gasteiger partial charge in [0.1, 0.15) is 0 Å². The second-order valence-corrected chi connectivity index (χ2v) is 14.1. The van der Waals surface area contributed by atoms with Crippen molar-refractivity contribution in [2.75, 3.05) is 57.5 Å². The number of rotatable bonds is 8. The Balaban J connectivity index is 1.51. The van der Waals surface area contributed by atoms with E-state index >= 15 is 0 Å². The molecule has 2 aliphatic heterocycles. The molecule has 2 saturated heterocycles. The Bertz CT molecular complexity index is 1480. The predicted molar refractivity (Wildman–Crippen MR) is 159 cm³/mol. The molecule has 0 atom stereocenters. The highest BCUT2D eigenvalue weighted by Crippen LogP contribution is 2.37. The second kappa shape index (κ2) is 12.0. The summed E-state index contributed by atoms with van der Waals surface area (Å²) >= 11 is 1.61. The molecule has 40 heavy (non-hydrogen) atoms. The first kappa shape index (κ1) is 28.7. The Morgan fingerprint density at radius 1 is 1.05 bits per heavy atom. The molecule has 2 fully saturated rings. The number of thiophene rings is 1. The summed E-state index contributed by atoms with van der Waals surface area (Å²) < 4.78 is 30.6. The number of ether oxygens (including phenoxy) is 1. The summed E-state index contributed by atoms with van der Waals surface area (Å²) in [6.45, 7) is 9.59. The zero-order chi connectivity index (χ0) is 28.4. The summed E-state index contributed by atoms with van der Waals surface area (Å²) in [7, 11) is -1.80. The number of amides is 1. The van der Waals surface area contributed by atoms with Gasteiger partial charge in [0.2, 0.25) is 17.7 Å². The molecule has 0 unspecified atom stereocenters. The van der Waals surface area contributed by atoms with Gasteiger partial charge >= 0.3 is 0 Å². The summed E-state index contributed by atoms with van der Waals surface area (Å²) in [4.78, 5) is 33.6. The summed E-state index contributed by atoms with van der Waals surface area (Å²) in [5.41, 5.74) is 4.10. The molecule has 5 rings (SSSR count). The zero-order valence-electron chi connectivity index (χ0n) is 23.7. The Hall–Kier alpha value is -2.83. The summed E-state index contributed by atoms with van der Waals surface area (Å²) in [6.07, 6.45) is 6.33. The first-order valence-corrected chi connectivity index (χ1v) is 16.8. The van der Waals surface area contributed by atoms with Crippen LogP contribution >= 0.6 is 11.3 Å². The van der Waals surface area contributed by atoms with Gasteiger partial charge < -0.3 is 14.5 Å². The number of anilines is 1. The van der Waals surface area contributed by atoms with E-state index in [0.717, 1.165) is 85.7 Å². The van der Waals surface area contributed by atoms with Gasteiger partial charge in [-0.3, -0.25) is 9.69 Å². The molecule has 0 bridgehead atoms. The maximum absolute atomic E-state index is 12.4. The van der Waals surface area contributed by atoms with E-state index in [1.165, 1.54) is 19.8 Å². The smallest absolute Gasteiger partial charge is 0.226 e. The Kier molecular flexibility index (Phi) is 8.58. The van der Waals surface area contributed by atoms with Gasteiger partial charge in [-0.1, -0.05) is 13.8 Å². The highest BCUT2D eigenvalue weighted by molar-refractivity contribution is 7.89.